The minimum Gasteiger partial charge on any atom is -0.321 e. The summed E-state index contributed by atoms with van der Waals surface area (Å²) in [6.07, 6.45) is 1.33. The fourth-order valence-electron chi connectivity index (χ4n) is 4.30. The van der Waals surface area contributed by atoms with Crippen LogP contribution in [0, 0.1) is 0 Å². The first kappa shape index (κ1) is 19.6. The van der Waals surface area contributed by atoms with Crippen LogP contribution in [0.15, 0.2) is 41.8 Å². The van der Waals surface area contributed by atoms with Gasteiger partial charge in [0, 0.05) is 16.9 Å². The van der Waals surface area contributed by atoms with Crippen LogP contribution in [0.25, 0.3) is 0 Å². The molecule has 2 aliphatic heterocycles. The maximum absolute atomic E-state index is 13.1. The van der Waals surface area contributed by atoms with E-state index >= 15 is 0 Å². The standard InChI is InChI=1S/C21H24N4O3S/c1-3-21(15-7-5-4-6-8-15)19(27)25(20(28)22-21)23-18(26)13-24-11-9-17-16(14(24)2)10-12-29-17/h4-8,10,12,14H,3,9,11,13H2,1-2H3,(H,22,28)(H,23,26)/p+1/t14-,21-/m0/s1. The molecule has 0 bridgehead atoms. The van der Waals surface area contributed by atoms with Gasteiger partial charge < -0.3 is 10.2 Å². The highest BCUT2D eigenvalue weighted by molar-refractivity contribution is 7.10. The fourth-order valence-corrected chi connectivity index (χ4v) is 5.28. The summed E-state index contributed by atoms with van der Waals surface area (Å²) in [5.41, 5.74) is 3.38. The minimum atomic E-state index is -1.15. The molecule has 0 spiro atoms. The zero-order valence-corrected chi connectivity index (χ0v) is 17.3. The molecule has 1 saturated heterocycles. The molecule has 1 aromatic heterocycles. The van der Waals surface area contributed by atoms with Crippen LogP contribution in [0.1, 0.15) is 42.3 Å². The summed E-state index contributed by atoms with van der Waals surface area (Å²) in [5, 5.41) is 5.70. The van der Waals surface area contributed by atoms with Gasteiger partial charge in [0.15, 0.2) is 6.54 Å². The topological polar surface area (TPSA) is 83.0 Å². The third kappa shape index (κ3) is 3.32. The first-order valence-corrected chi connectivity index (χ1v) is 10.8. The molecule has 152 valence electrons. The fraction of sp³-hybridized carbons (Fsp3) is 0.381. The third-order valence-corrected chi connectivity index (χ3v) is 7.04. The van der Waals surface area contributed by atoms with Crippen molar-refractivity contribution in [2.45, 2.75) is 38.3 Å². The molecule has 3 N–H and O–H groups in total. The second kappa shape index (κ2) is 7.61. The van der Waals surface area contributed by atoms with E-state index in [4.69, 9.17) is 0 Å². The lowest BCUT2D eigenvalue weighted by atomic mass is 9.87. The molecule has 7 nitrogen and oxygen atoms in total. The first-order valence-electron chi connectivity index (χ1n) is 9.89. The second-order valence-electron chi connectivity index (χ2n) is 7.59. The molecule has 1 aromatic carbocycles. The van der Waals surface area contributed by atoms with Crippen LogP contribution in [0.3, 0.4) is 0 Å². The Labute approximate surface area is 173 Å². The van der Waals surface area contributed by atoms with Gasteiger partial charge in [-0.3, -0.25) is 15.0 Å². The van der Waals surface area contributed by atoms with Gasteiger partial charge in [-0.25, -0.2) is 4.79 Å². The lowest BCUT2D eigenvalue weighted by Crippen LogP contribution is -3.14. The van der Waals surface area contributed by atoms with Gasteiger partial charge in [0.2, 0.25) is 0 Å². The SMILES string of the molecule is CC[C@@]1(c2ccccc2)NC(=O)N(NC(=O)C[NH+]2CCc3sccc3[C@@H]2C)C1=O. The number of rotatable bonds is 5. The Morgan fingerprint density at radius 3 is 2.79 bits per heavy atom. The number of nitrogens with zero attached hydrogens (tertiary/aromatic N) is 1. The average molecular weight is 414 g/mol. The molecule has 2 aliphatic rings. The molecule has 1 unspecified atom stereocenters. The van der Waals surface area contributed by atoms with Crippen molar-refractivity contribution in [1.29, 1.82) is 0 Å². The van der Waals surface area contributed by atoms with Gasteiger partial charge in [-0.1, -0.05) is 37.3 Å². The molecule has 2 aromatic rings. The molecule has 0 aliphatic carbocycles. The number of hydrazine groups is 1. The normalized spacial score (nSPS) is 26.2. The van der Waals surface area contributed by atoms with E-state index in [0.29, 0.717) is 12.0 Å². The highest BCUT2D eigenvalue weighted by Gasteiger charge is 2.52. The van der Waals surface area contributed by atoms with Crippen molar-refractivity contribution in [3.05, 3.63) is 57.8 Å². The Morgan fingerprint density at radius 1 is 1.31 bits per heavy atom. The number of quaternary nitrogens is 1. The molecule has 3 heterocycles. The van der Waals surface area contributed by atoms with E-state index in [1.165, 1.54) is 10.4 Å². The van der Waals surface area contributed by atoms with E-state index in [9.17, 15) is 14.4 Å². The van der Waals surface area contributed by atoms with Crippen LogP contribution in [-0.4, -0.2) is 35.9 Å². The van der Waals surface area contributed by atoms with Crippen molar-refractivity contribution >= 4 is 29.2 Å². The third-order valence-electron chi connectivity index (χ3n) is 6.04. The van der Waals surface area contributed by atoms with Crippen molar-refractivity contribution in [2.75, 3.05) is 13.1 Å². The molecule has 29 heavy (non-hydrogen) atoms. The molecule has 4 amide bonds. The predicted octanol–water partition coefficient (Wildman–Crippen LogP) is 1.14. The van der Waals surface area contributed by atoms with Crippen molar-refractivity contribution in [3.63, 3.8) is 0 Å². The molecule has 0 radical (unpaired) electrons. The zero-order chi connectivity index (χ0) is 20.6. The van der Waals surface area contributed by atoms with E-state index in [1.54, 1.807) is 11.3 Å². The van der Waals surface area contributed by atoms with Gasteiger partial charge in [-0.15, -0.1) is 11.3 Å². The summed E-state index contributed by atoms with van der Waals surface area (Å²) in [6.45, 7) is 5.01. The van der Waals surface area contributed by atoms with Crippen LogP contribution in [-0.2, 0) is 21.5 Å². The Bertz CT molecular complexity index is 944. The number of hydrogen-bond acceptors (Lipinski definition) is 4. The maximum Gasteiger partial charge on any atom is 0.344 e. The summed E-state index contributed by atoms with van der Waals surface area (Å²) >= 11 is 1.76. The quantitative estimate of drug-likeness (QED) is 0.643. The number of carbonyl (C=O) groups is 3. The Hall–Kier alpha value is -2.71. The molecule has 0 saturated carbocycles. The average Bonchev–Trinajstić information content (AvgIpc) is 3.30. The number of amides is 4. The van der Waals surface area contributed by atoms with Gasteiger partial charge in [0.25, 0.3) is 11.8 Å². The first-order chi connectivity index (χ1) is 14.0. The van der Waals surface area contributed by atoms with Crippen LogP contribution >= 0.6 is 11.3 Å². The van der Waals surface area contributed by atoms with Crippen LogP contribution < -0.4 is 15.6 Å². The van der Waals surface area contributed by atoms with Gasteiger partial charge >= 0.3 is 6.03 Å². The number of fused-ring (bicyclic) bond motifs is 1. The van der Waals surface area contributed by atoms with Gasteiger partial charge in [0.05, 0.1) is 6.54 Å². The largest absolute Gasteiger partial charge is 0.344 e. The van der Waals surface area contributed by atoms with Crippen molar-refractivity contribution in [3.8, 4) is 0 Å². The maximum atomic E-state index is 13.1. The Morgan fingerprint density at radius 2 is 2.07 bits per heavy atom. The number of benzene rings is 1. The summed E-state index contributed by atoms with van der Waals surface area (Å²) in [5.74, 6) is -0.791. The van der Waals surface area contributed by atoms with E-state index < -0.39 is 17.5 Å². The number of thiophene rings is 1. The number of urea groups is 1. The number of hydrogen-bond donors (Lipinski definition) is 3. The molecule has 8 heteroatoms. The van der Waals surface area contributed by atoms with Gasteiger partial charge in [-0.05, 0) is 30.4 Å². The smallest absolute Gasteiger partial charge is 0.321 e. The summed E-state index contributed by atoms with van der Waals surface area (Å²) in [4.78, 5) is 40.8. The van der Waals surface area contributed by atoms with Crippen LogP contribution in [0.2, 0.25) is 0 Å². The number of imide groups is 1. The van der Waals surface area contributed by atoms with Crippen molar-refractivity contribution in [2.24, 2.45) is 0 Å². The lowest BCUT2D eigenvalue weighted by molar-refractivity contribution is -0.924. The van der Waals surface area contributed by atoms with Crippen molar-refractivity contribution in [1.82, 2.24) is 15.8 Å². The highest BCUT2D eigenvalue weighted by atomic mass is 32.1. The Balaban J connectivity index is 1.46. The van der Waals surface area contributed by atoms with Gasteiger partial charge in [-0.2, -0.15) is 5.01 Å². The summed E-state index contributed by atoms with van der Waals surface area (Å²) in [7, 11) is 0. The highest BCUT2D eigenvalue weighted by Crippen LogP contribution is 2.31. The monoisotopic (exact) mass is 413 g/mol. The van der Waals surface area contributed by atoms with E-state index in [1.807, 2.05) is 37.3 Å². The number of carbonyl (C=O) groups excluding carboxylic acids is 3. The zero-order valence-electron chi connectivity index (χ0n) is 16.5. The van der Waals surface area contributed by atoms with E-state index in [2.05, 4.69) is 29.1 Å². The van der Waals surface area contributed by atoms with E-state index in [0.717, 1.165) is 22.9 Å². The van der Waals surface area contributed by atoms with Crippen LogP contribution in [0.4, 0.5) is 4.79 Å². The molecular formula is C21H25N4O3S+. The second-order valence-corrected chi connectivity index (χ2v) is 8.59. The molecular weight excluding hydrogens is 388 g/mol. The Kier molecular flexibility index (Phi) is 5.14. The molecule has 4 rings (SSSR count). The minimum absolute atomic E-state index is 0.206. The van der Waals surface area contributed by atoms with Crippen molar-refractivity contribution < 1.29 is 19.3 Å². The number of nitrogens with one attached hydrogen (secondary N) is 3. The van der Waals surface area contributed by atoms with Crippen LogP contribution in [0.5, 0.6) is 0 Å². The summed E-state index contributed by atoms with van der Waals surface area (Å²) < 4.78 is 0. The molecule has 1 fully saturated rings. The summed E-state index contributed by atoms with van der Waals surface area (Å²) in [6, 6.07) is 10.9. The predicted molar refractivity (Wildman–Crippen MR) is 109 cm³/mol. The lowest BCUT2D eigenvalue weighted by Gasteiger charge is -2.30. The molecule has 3 atom stereocenters. The van der Waals surface area contributed by atoms with Gasteiger partial charge in [0.1, 0.15) is 11.6 Å². The van der Waals surface area contributed by atoms with E-state index in [-0.39, 0.29) is 18.5 Å².